The maximum absolute atomic E-state index is 5.41. The molecule has 0 unspecified atom stereocenters. The predicted molar refractivity (Wildman–Crippen MR) is 52.8 cm³/mol. The van der Waals surface area contributed by atoms with E-state index >= 15 is 0 Å². The molecule has 0 radical (unpaired) electrons. The van der Waals surface area contributed by atoms with Gasteiger partial charge < -0.3 is 4.42 Å². The minimum absolute atomic E-state index is 0.662. The zero-order valence-corrected chi connectivity index (χ0v) is 9.04. The number of hydrogen-bond donors (Lipinski definition) is 0. The summed E-state index contributed by atoms with van der Waals surface area (Å²) in [6.45, 7) is 4.95. The molecule has 0 spiro atoms. The molecule has 0 fully saturated rings. The molecule has 0 aliphatic carbocycles. The van der Waals surface area contributed by atoms with E-state index in [0.29, 0.717) is 5.89 Å². The van der Waals surface area contributed by atoms with Crippen molar-refractivity contribution < 1.29 is 9.10 Å². The van der Waals surface area contributed by atoms with Gasteiger partial charge in [-0.2, -0.15) is 0 Å². The summed E-state index contributed by atoms with van der Waals surface area (Å²) in [6.07, 6.45) is 4.77. The molecular weight excluding hydrogens is 198 g/mol. The predicted octanol–water partition coefficient (Wildman–Crippen LogP) is 1.80. The van der Waals surface area contributed by atoms with Crippen molar-refractivity contribution in [3.63, 3.8) is 0 Å². The van der Waals surface area contributed by atoms with Crippen LogP contribution in [0.5, 0.6) is 0 Å². The monoisotopic (exact) mass is 210 g/mol. The molecule has 4 nitrogen and oxygen atoms in total. The second-order valence-corrected chi connectivity index (χ2v) is 3.89. The maximum Gasteiger partial charge on any atom is 0.244 e. The lowest BCUT2D eigenvalue weighted by atomic mass is 10.5. The van der Waals surface area contributed by atoms with Crippen molar-refractivity contribution in [2.45, 2.75) is 26.8 Å². The van der Waals surface area contributed by atoms with E-state index in [1.807, 2.05) is 17.8 Å². The smallest absolute Gasteiger partial charge is 0.244 e. The van der Waals surface area contributed by atoms with Crippen molar-refractivity contribution in [2.75, 3.05) is 0 Å². The van der Waals surface area contributed by atoms with E-state index in [9.17, 15) is 0 Å². The largest absolute Gasteiger partial charge is 0.441 e. The van der Waals surface area contributed by atoms with Crippen LogP contribution in [0.15, 0.2) is 16.8 Å². The van der Waals surface area contributed by atoms with Crippen molar-refractivity contribution in [2.24, 2.45) is 0 Å². The van der Waals surface area contributed by atoms with Crippen LogP contribution in [0.4, 0.5) is 0 Å². The number of aromatic nitrogens is 3. The summed E-state index contributed by atoms with van der Waals surface area (Å²) in [5.41, 5.74) is 0. The Morgan fingerprint density at radius 3 is 3.07 bits per heavy atom. The summed E-state index contributed by atoms with van der Waals surface area (Å²) in [4.78, 5) is 5.13. The van der Waals surface area contributed by atoms with E-state index in [1.165, 1.54) is 11.5 Å². The van der Waals surface area contributed by atoms with E-state index in [1.54, 1.807) is 6.20 Å². The number of nitrogens with zero attached hydrogens (tertiary/aromatic N) is 3. The Morgan fingerprint density at radius 2 is 2.43 bits per heavy atom. The minimum Gasteiger partial charge on any atom is -0.441 e. The summed E-state index contributed by atoms with van der Waals surface area (Å²) in [5, 5.41) is 0. The number of aryl methyl sites for hydroxylation is 2. The highest BCUT2D eigenvalue weighted by Gasteiger charge is 2.14. The third-order valence-corrected chi connectivity index (χ3v) is 2.56. The van der Waals surface area contributed by atoms with Gasteiger partial charge in [-0.3, -0.25) is 0 Å². The lowest BCUT2D eigenvalue weighted by molar-refractivity contribution is -0.746. The van der Waals surface area contributed by atoms with Gasteiger partial charge in [-0.15, -0.1) is 0 Å². The van der Waals surface area contributed by atoms with Gasteiger partial charge >= 0.3 is 0 Å². The van der Waals surface area contributed by atoms with E-state index in [0.717, 1.165) is 23.6 Å². The second-order valence-electron chi connectivity index (χ2n) is 3.11. The summed E-state index contributed by atoms with van der Waals surface area (Å²) in [5.74, 6) is 1.49. The van der Waals surface area contributed by atoms with Gasteiger partial charge in [0.25, 0.3) is 0 Å². The first-order valence-corrected chi connectivity index (χ1v) is 5.36. The Labute approximate surface area is 86.4 Å². The lowest BCUT2D eigenvalue weighted by Crippen LogP contribution is -2.33. The van der Waals surface area contributed by atoms with E-state index < -0.39 is 0 Å². The summed E-state index contributed by atoms with van der Waals surface area (Å²) < 4.78 is 11.6. The molecule has 2 aromatic heterocycles. The third-order valence-electron chi connectivity index (χ3n) is 1.80. The zero-order valence-electron chi connectivity index (χ0n) is 8.23. The zero-order chi connectivity index (χ0) is 9.97. The van der Waals surface area contributed by atoms with Crippen LogP contribution < -0.4 is 4.68 Å². The van der Waals surface area contributed by atoms with E-state index in [2.05, 4.69) is 16.4 Å². The molecule has 14 heavy (non-hydrogen) atoms. The molecule has 0 aromatic carbocycles. The molecule has 0 saturated heterocycles. The molecular formula is C9H12N3OS+. The summed E-state index contributed by atoms with van der Waals surface area (Å²) in [6, 6.07) is 0. The van der Waals surface area contributed by atoms with Crippen molar-refractivity contribution >= 4 is 11.5 Å². The fraction of sp³-hybridized carbons (Fsp3) is 0.444. The molecule has 2 rings (SSSR count). The van der Waals surface area contributed by atoms with Crippen LogP contribution in [0.3, 0.4) is 0 Å². The van der Waals surface area contributed by atoms with Crippen LogP contribution in [0.1, 0.15) is 19.1 Å². The first kappa shape index (κ1) is 9.33. The third kappa shape index (κ3) is 1.82. The van der Waals surface area contributed by atoms with Crippen LogP contribution >= 0.6 is 11.5 Å². The van der Waals surface area contributed by atoms with Crippen molar-refractivity contribution in [1.82, 2.24) is 9.47 Å². The number of oxazole rings is 1. The highest BCUT2D eigenvalue weighted by molar-refractivity contribution is 7.08. The molecule has 2 aromatic rings. The van der Waals surface area contributed by atoms with Gasteiger partial charge in [0.2, 0.25) is 12.1 Å². The summed E-state index contributed by atoms with van der Waals surface area (Å²) in [7, 11) is 0. The topological polar surface area (TPSA) is 42.8 Å². The second kappa shape index (κ2) is 3.88. The van der Waals surface area contributed by atoms with Crippen molar-refractivity contribution in [3.05, 3.63) is 18.2 Å². The van der Waals surface area contributed by atoms with E-state index in [4.69, 9.17) is 4.42 Å². The molecule has 5 heteroatoms. The average molecular weight is 210 g/mol. The van der Waals surface area contributed by atoms with Crippen LogP contribution in [0.25, 0.3) is 10.8 Å². The minimum atomic E-state index is 0.662. The molecule has 0 bridgehead atoms. The Hall–Kier alpha value is -1.23. The van der Waals surface area contributed by atoms with Gasteiger partial charge in [-0.05, 0) is 6.92 Å². The SMILES string of the molecule is CCC[n+]1cc(-c2ncc(C)o2)sn1. The van der Waals surface area contributed by atoms with Gasteiger partial charge in [-0.25, -0.2) is 4.98 Å². The molecule has 0 saturated carbocycles. The van der Waals surface area contributed by atoms with Crippen molar-refractivity contribution in [3.8, 4) is 10.8 Å². The molecule has 0 aliphatic heterocycles. The Kier molecular flexibility index (Phi) is 2.58. The normalized spacial score (nSPS) is 10.7. The summed E-state index contributed by atoms with van der Waals surface area (Å²) >= 11 is 1.41. The van der Waals surface area contributed by atoms with Crippen LogP contribution in [0.2, 0.25) is 0 Å². The quantitative estimate of drug-likeness (QED) is 0.725. The maximum atomic E-state index is 5.41. The fourth-order valence-corrected chi connectivity index (χ4v) is 1.84. The van der Waals surface area contributed by atoms with Crippen LogP contribution in [-0.4, -0.2) is 9.47 Å². The number of rotatable bonds is 3. The van der Waals surface area contributed by atoms with Gasteiger partial charge in [-0.1, -0.05) is 11.6 Å². The van der Waals surface area contributed by atoms with E-state index in [-0.39, 0.29) is 0 Å². The van der Waals surface area contributed by atoms with Gasteiger partial charge in [0, 0.05) is 18.0 Å². The first-order chi connectivity index (χ1) is 6.79. The average Bonchev–Trinajstić information content (AvgIpc) is 2.74. The molecule has 2 heterocycles. The van der Waals surface area contributed by atoms with Crippen molar-refractivity contribution in [1.29, 1.82) is 0 Å². The Bertz CT molecular complexity index is 421. The van der Waals surface area contributed by atoms with Crippen LogP contribution in [0, 0.1) is 6.92 Å². The highest BCUT2D eigenvalue weighted by atomic mass is 32.1. The van der Waals surface area contributed by atoms with Gasteiger partial charge in [0.1, 0.15) is 5.76 Å². The Morgan fingerprint density at radius 1 is 1.57 bits per heavy atom. The first-order valence-electron chi connectivity index (χ1n) is 4.59. The standard InChI is InChI=1S/C9H12N3OS/c1-3-4-12-6-8(14-11-12)9-10-5-7(2)13-9/h5-6H,3-4H2,1-2H3/q+1. The number of hydrogen-bond acceptors (Lipinski definition) is 4. The highest BCUT2D eigenvalue weighted by Crippen LogP contribution is 2.19. The molecule has 0 atom stereocenters. The van der Waals surface area contributed by atoms with Gasteiger partial charge in [0.15, 0.2) is 11.4 Å². The fourth-order valence-electron chi connectivity index (χ4n) is 1.18. The molecule has 0 amide bonds. The van der Waals surface area contributed by atoms with Crippen LogP contribution in [-0.2, 0) is 6.54 Å². The lowest BCUT2D eigenvalue weighted by Gasteiger charge is -1.82. The Balaban J connectivity index is 2.24. The molecule has 74 valence electrons. The molecule has 0 N–H and O–H groups in total. The van der Waals surface area contributed by atoms with Gasteiger partial charge in [0.05, 0.1) is 10.7 Å². The molecule has 0 aliphatic rings.